The van der Waals surface area contributed by atoms with Crippen LogP contribution in [0.15, 0.2) is 47.4 Å². The lowest BCUT2D eigenvalue weighted by molar-refractivity contribution is -0.121. The molecule has 0 fully saturated rings. The molecule has 0 aliphatic heterocycles. The van der Waals surface area contributed by atoms with E-state index < -0.39 is 27.8 Å². The topological polar surface area (TPSA) is 86.7 Å². The minimum atomic E-state index is -4.31. The summed E-state index contributed by atoms with van der Waals surface area (Å²) < 4.78 is 41.8. The number of rotatable bonds is 9. The predicted octanol–water partition coefficient (Wildman–Crippen LogP) is 3.61. The Morgan fingerprint density at radius 1 is 1.14 bits per heavy atom. The molecule has 0 aliphatic rings. The molecule has 2 aromatic rings. The molecule has 0 spiro atoms. The summed E-state index contributed by atoms with van der Waals surface area (Å²) in [4.78, 5) is 12.4. The first kappa shape index (κ1) is 23.4. The molecule has 0 aromatic heterocycles. The summed E-state index contributed by atoms with van der Waals surface area (Å²) in [6.07, 6.45) is 1.01. The summed E-state index contributed by atoms with van der Waals surface area (Å²) in [5.74, 6) is -1.45. The summed E-state index contributed by atoms with van der Waals surface area (Å²) in [6.45, 7) is 1.59. The van der Waals surface area contributed by atoms with Crippen molar-refractivity contribution in [2.75, 3.05) is 17.5 Å². The van der Waals surface area contributed by atoms with Crippen LogP contribution in [0, 0.1) is 5.82 Å². The number of halogens is 3. The molecule has 6 nitrogen and oxygen atoms in total. The Hall–Kier alpha value is -1.87. The lowest BCUT2D eigenvalue weighted by Crippen LogP contribution is -2.48. The van der Waals surface area contributed by atoms with Gasteiger partial charge < -0.3 is 10.4 Å². The number of hydrogen-bond donors (Lipinski definition) is 2. The highest BCUT2D eigenvalue weighted by Gasteiger charge is 2.35. The first-order chi connectivity index (χ1) is 13.7. The molecular formula is C19H21Cl2FN2O4S. The van der Waals surface area contributed by atoms with Crippen LogP contribution in [0.3, 0.4) is 0 Å². The van der Waals surface area contributed by atoms with Gasteiger partial charge in [-0.3, -0.25) is 9.10 Å². The number of carbonyl (C=O) groups is 1. The number of anilines is 1. The second-order valence-corrected chi connectivity index (χ2v) is 8.94. The van der Waals surface area contributed by atoms with Crippen LogP contribution >= 0.6 is 23.2 Å². The number of nitrogens with zero attached hydrogens (tertiary/aromatic N) is 1. The van der Waals surface area contributed by atoms with Crippen LogP contribution in [-0.2, 0) is 14.8 Å². The molecule has 0 radical (unpaired) electrons. The highest BCUT2D eigenvalue weighted by Crippen LogP contribution is 2.31. The number of hydrogen-bond acceptors (Lipinski definition) is 4. The summed E-state index contributed by atoms with van der Waals surface area (Å²) in [7, 11) is -4.31. The number of unbranched alkanes of at least 4 members (excludes halogenated alkanes) is 1. The van der Waals surface area contributed by atoms with Crippen LogP contribution in [0.2, 0.25) is 10.0 Å². The zero-order valence-electron chi connectivity index (χ0n) is 15.6. The van der Waals surface area contributed by atoms with Gasteiger partial charge in [0, 0.05) is 23.2 Å². The third kappa shape index (κ3) is 5.82. The Morgan fingerprint density at radius 2 is 1.76 bits per heavy atom. The SMILES string of the molecule is CC(C(=O)NCCCCO)N(c1cc(Cl)ccc1F)S(=O)(=O)c1ccc(Cl)cc1. The molecule has 1 amide bonds. The van der Waals surface area contributed by atoms with Gasteiger partial charge >= 0.3 is 0 Å². The predicted molar refractivity (Wildman–Crippen MR) is 111 cm³/mol. The van der Waals surface area contributed by atoms with Gasteiger partial charge in [0.15, 0.2) is 0 Å². The van der Waals surface area contributed by atoms with Gasteiger partial charge in [-0.1, -0.05) is 23.2 Å². The molecule has 0 aliphatic carbocycles. The molecule has 0 bridgehead atoms. The fourth-order valence-corrected chi connectivity index (χ4v) is 4.53. The van der Waals surface area contributed by atoms with Gasteiger partial charge in [0.25, 0.3) is 10.0 Å². The van der Waals surface area contributed by atoms with Crippen molar-refractivity contribution in [1.29, 1.82) is 0 Å². The van der Waals surface area contributed by atoms with Gasteiger partial charge in [-0.2, -0.15) is 0 Å². The van der Waals surface area contributed by atoms with E-state index in [9.17, 15) is 17.6 Å². The number of aliphatic hydroxyl groups is 1. The minimum absolute atomic E-state index is 0.0176. The minimum Gasteiger partial charge on any atom is -0.396 e. The van der Waals surface area contributed by atoms with Crippen molar-refractivity contribution in [3.8, 4) is 0 Å². The van der Waals surface area contributed by atoms with E-state index in [1.165, 1.54) is 37.3 Å². The van der Waals surface area contributed by atoms with Crippen molar-refractivity contribution >= 4 is 44.8 Å². The maximum absolute atomic E-state index is 14.6. The first-order valence-corrected chi connectivity index (χ1v) is 11.0. The van der Waals surface area contributed by atoms with E-state index in [0.717, 1.165) is 12.1 Å². The van der Waals surface area contributed by atoms with E-state index in [0.29, 0.717) is 22.2 Å². The highest BCUT2D eigenvalue weighted by atomic mass is 35.5. The van der Waals surface area contributed by atoms with Crippen LogP contribution in [0.4, 0.5) is 10.1 Å². The smallest absolute Gasteiger partial charge is 0.265 e. The summed E-state index contributed by atoms with van der Waals surface area (Å²) >= 11 is 11.8. The van der Waals surface area contributed by atoms with Crippen molar-refractivity contribution in [2.45, 2.75) is 30.7 Å². The maximum Gasteiger partial charge on any atom is 0.265 e. The molecular weight excluding hydrogens is 442 g/mol. The molecule has 2 aromatic carbocycles. The number of carbonyl (C=O) groups excluding carboxylic acids is 1. The average Bonchev–Trinajstić information content (AvgIpc) is 2.68. The molecule has 0 heterocycles. The molecule has 1 unspecified atom stereocenters. The Labute approximate surface area is 179 Å². The zero-order valence-corrected chi connectivity index (χ0v) is 17.9. The van der Waals surface area contributed by atoms with E-state index in [1.807, 2.05) is 0 Å². The van der Waals surface area contributed by atoms with Crippen molar-refractivity contribution in [3.63, 3.8) is 0 Å². The van der Waals surface area contributed by atoms with E-state index >= 15 is 0 Å². The van der Waals surface area contributed by atoms with Gasteiger partial charge in [0.05, 0.1) is 10.6 Å². The number of aliphatic hydroxyl groups excluding tert-OH is 1. The Balaban J connectivity index is 2.47. The van der Waals surface area contributed by atoms with Gasteiger partial charge in [0.1, 0.15) is 11.9 Å². The first-order valence-electron chi connectivity index (χ1n) is 8.82. The Bertz CT molecular complexity index is 955. The average molecular weight is 463 g/mol. The molecule has 0 saturated heterocycles. The van der Waals surface area contributed by atoms with Crippen molar-refractivity contribution in [2.24, 2.45) is 0 Å². The second kappa shape index (κ2) is 10.2. The fraction of sp³-hybridized carbons (Fsp3) is 0.316. The molecule has 158 valence electrons. The number of sulfonamides is 1. The number of amides is 1. The molecule has 29 heavy (non-hydrogen) atoms. The van der Waals surface area contributed by atoms with Crippen LogP contribution in [0.25, 0.3) is 0 Å². The lowest BCUT2D eigenvalue weighted by atomic mass is 10.2. The number of benzene rings is 2. The molecule has 1 atom stereocenters. The van der Waals surface area contributed by atoms with Crippen LogP contribution in [0.1, 0.15) is 19.8 Å². The maximum atomic E-state index is 14.6. The fourth-order valence-electron chi connectivity index (χ4n) is 2.62. The van der Waals surface area contributed by atoms with E-state index in [2.05, 4.69) is 5.32 Å². The van der Waals surface area contributed by atoms with Crippen LogP contribution in [0.5, 0.6) is 0 Å². The third-order valence-corrected chi connectivity index (χ3v) is 6.52. The molecule has 2 rings (SSSR count). The van der Waals surface area contributed by atoms with Crippen LogP contribution in [-0.4, -0.2) is 38.6 Å². The lowest BCUT2D eigenvalue weighted by Gasteiger charge is -2.30. The van der Waals surface area contributed by atoms with Gasteiger partial charge in [-0.05, 0) is 62.2 Å². The normalized spacial score (nSPS) is 12.4. The number of nitrogens with one attached hydrogen (secondary N) is 1. The summed E-state index contributed by atoms with van der Waals surface area (Å²) in [5, 5.41) is 11.9. The molecule has 2 N–H and O–H groups in total. The van der Waals surface area contributed by atoms with Gasteiger partial charge in [-0.15, -0.1) is 0 Å². The standard InChI is InChI=1S/C19H21Cl2FN2O4S/c1-13(19(26)23-10-2-3-11-25)24(18-12-15(21)6-9-17(18)22)29(27,28)16-7-4-14(20)5-8-16/h4-9,12-13,25H,2-3,10-11H2,1H3,(H,23,26). The summed E-state index contributed by atoms with van der Waals surface area (Å²) in [5.41, 5.74) is -0.342. The van der Waals surface area contributed by atoms with Crippen molar-refractivity contribution < 1.29 is 22.7 Å². The third-order valence-electron chi connectivity index (χ3n) is 4.13. The van der Waals surface area contributed by atoms with E-state index in [-0.39, 0.29) is 28.8 Å². The van der Waals surface area contributed by atoms with Crippen LogP contribution < -0.4 is 9.62 Å². The quantitative estimate of drug-likeness (QED) is 0.557. The summed E-state index contributed by atoms with van der Waals surface area (Å²) in [6, 6.07) is 7.54. The molecule has 10 heteroatoms. The largest absolute Gasteiger partial charge is 0.396 e. The van der Waals surface area contributed by atoms with E-state index in [4.69, 9.17) is 28.3 Å². The Morgan fingerprint density at radius 3 is 2.38 bits per heavy atom. The van der Waals surface area contributed by atoms with Crippen molar-refractivity contribution in [3.05, 3.63) is 58.3 Å². The zero-order chi connectivity index (χ0) is 21.6. The highest BCUT2D eigenvalue weighted by molar-refractivity contribution is 7.93. The van der Waals surface area contributed by atoms with E-state index in [1.54, 1.807) is 0 Å². The van der Waals surface area contributed by atoms with Crippen molar-refractivity contribution in [1.82, 2.24) is 5.32 Å². The monoisotopic (exact) mass is 462 g/mol. The van der Waals surface area contributed by atoms with Gasteiger partial charge in [0.2, 0.25) is 5.91 Å². The Kier molecular flexibility index (Phi) is 8.27. The molecule has 0 saturated carbocycles. The van der Waals surface area contributed by atoms with Gasteiger partial charge in [-0.25, -0.2) is 12.8 Å². The second-order valence-electron chi connectivity index (χ2n) is 6.25.